The van der Waals surface area contributed by atoms with Crippen molar-refractivity contribution >= 4 is 0 Å². The molecule has 3 nitrogen and oxygen atoms in total. The van der Waals surface area contributed by atoms with E-state index in [2.05, 4.69) is 23.4 Å². The third-order valence-corrected chi connectivity index (χ3v) is 2.69. The Morgan fingerprint density at radius 2 is 2.07 bits per heavy atom. The molecule has 0 unspecified atom stereocenters. The van der Waals surface area contributed by atoms with Gasteiger partial charge in [-0.2, -0.15) is 5.10 Å². The van der Waals surface area contributed by atoms with Crippen LogP contribution >= 0.6 is 0 Å². The van der Waals surface area contributed by atoms with Crippen molar-refractivity contribution in [1.29, 1.82) is 0 Å². The van der Waals surface area contributed by atoms with Crippen LogP contribution in [0.5, 0.6) is 0 Å². The molecule has 0 radical (unpaired) electrons. The first-order chi connectivity index (χ1) is 7.34. The quantitative estimate of drug-likeness (QED) is 0.667. The van der Waals surface area contributed by atoms with Crippen molar-refractivity contribution in [1.82, 2.24) is 15.1 Å². The van der Waals surface area contributed by atoms with Crippen LogP contribution in [0.2, 0.25) is 0 Å². The van der Waals surface area contributed by atoms with E-state index in [1.807, 2.05) is 17.9 Å². The molecule has 1 aromatic heterocycles. The smallest absolute Gasteiger partial charge is 0.0518 e. The number of hydrogen-bond acceptors (Lipinski definition) is 2. The highest BCUT2D eigenvalue weighted by molar-refractivity contribution is 4.98. The fourth-order valence-electron chi connectivity index (χ4n) is 1.64. The summed E-state index contributed by atoms with van der Waals surface area (Å²) in [5.41, 5.74) is 1.25. The summed E-state index contributed by atoms with van der Waals surface area (Å²) in [5.74, 6) is 0. The van der Waals surface area contributed by atoms with E-state index >= 15 is 0 Å². The number of aryl methyl sites for hydroxylation is 1. The van der Waals surface area contributed by atoms with E-state index in [1.165, 1.54) is 37.8 Å². The van der Waals surface area contributed by atoms with Crippen molar-refractivity contribution in [3.05, 3.63) is 18.0 Å². The van der Waals surface area contributed by atoms with Crippen molar-refractivity contribution in [2.75, 3.05) is 6.54 Å². The minimum atomic E-state index is 0.935. The Kier molecular flexibility index (Phi) is 6.09. The number of hydrogen-bond donors (Lipinski definition) is 1. The van der Waals surface area contributed by atoms with Crippen LogP contribution in [-0.2, 0) is 13.6 Å². The summed E-state index contributed by atoms with van der Waals surface area (Å²) < 4.78 is 1.92. The SMILES string of the molecule is CCCCCCCNCc1ccnn1C. The molecule has 0 saturated carbocycles. The van der Waals surface area contributed by atoms with Crippen LogP contribution in [0.3, 0.4) is 0 Å². The third-order valence-electron chi connectivity index (χ3n) is 2.69. The highest BCUT2D eigenvalue weighted by Crippen LogP contribution is 2.01. The standard InChI is InChI=1S/C12H23N3/c1-3-4-5-6-7-9-13-11-12-8-10-14-15(12)2/h8,10,13H,3-7,9,11H2,1-2H3. The van der Waals surface area contributed by atoms with E-state index in [4.69, 9.17) is 0 Å². The highest BCUT2D eigenvalue weighted by Gasteiger charge is 1.96. The van der Waals surface area contributed by atoms with Gasteiger partial charge < -0.3 is 5.32 Å². The van der Waals surface area contributed by atoms with E-state index in [1.54, 1.807) is 0 Å². The summed E-state index contributed by atoms with van der Waals surface area (Å²) >= 11 is 0. The van der Waals surface area contributed by atoms with Gasteiger partial charge >= 0.3 is 0 Å². The predicted molar refractivity (Wildman–Crippen MR) is 63.7 cm³/mol. The lowest BCUT2D eigenvalue weighted by Crippen LogP contribution is -2.16. The average Bonchev–Trinajstić information content (AvgIpc) is 2.63. The first-order valence-electron chi connectivity index (χ1n) is 6.02. The van der Waals surface area contributed by atoms with Crippen LogP contribution in [0.1, 0.15) is 44.7 Å². The molecule has 0 amide bonds. The topological polar surface area (TPSA) is 29.9 Å². The monoisotopic (exact) mass is 209 g/mol. The van der Waals surface area contributed by atoms with Gasteiger partial charge in [0.05, 0.1) is 5.69 Å². The summed E-state index contributed by atoms with van der Waals surface area (Å²) in [6.45, 7) is 4.31. The van der Waals surface area contributed by atoms with Crippen LogP contribution in [0.25, 0.3) is 0 Å². The molecule has 1 heterocycles. The molecule has 15 heavy (non-hydrogen) atoms. The van der Waals surface area contributed by atoms with Gasteiger partial charge in [-0.05, 0) is 19.0 Å². The van der Waals surface area contributed by atoms with Gasteiger partial charge in [0.1, 0.15) is 0 Å². The first kappa shape index (κ1) is 12.2. The fraction of sp³-hybridized carbons (Fsp3) is 0.750. The number of unbranched alkanes of at least 4 members (excludes halogenated alkanes) is 4. The molecule has 0 aromatic carbocycles. The van der Waals surface area contributed by atoms with Gasteiger partial charge in [-0.15, -0.1) is 0 Å². The summed E-state index contributed by atoms with van der Waals surface area (Å²) in [4.78, 5) is 0. The maximum atomic E-state index is 4.13. The van der Waals surface area contributed by atoms with Crippen molar-refractivity contribution in [3.63, 3.8) is 0 Å². The summed E-state index contributed by atoms with van der Waals surface area (Å²) in [6.07, 6.45) is 8.57. The van der Waals surface area contributed by atoms with Gasteiger partial charge in [0.15, 0.2) is 0 Å². The Hall–Kier alpha value is -0.830. The molecule has 0 bridgehead atoms. The van der Waals surface area contributed by atoms with E-state index in [0.29, 0.717) is 0 Å². The van der Waals surface area contributed by atoms with E-state index in [-0.39, 0.29) is 0 Å². The second-order valence-electron chi connectivity index (χ2n) is 4.04. The number of rotatable bonds is 8. The Morgan fingerprint density at radius 1 is 1.27 bits per heavy atom. The molecule has 0 aliphatic rings. The van der Waals surface area contributed by atoms with Gasteiger partial charge in [0, 0.05) is 19.8 Å². The second kappa shape index (κ2) is 7.46. The minimum absolute atomic E-state index is 0.935. The maximum absolute atomic E-state index is 4.13. The van der Waals surface area contributed by atoms with Gasteiger partial charge in [0.25, 0.3) is 0 Å². The van der Waals surface area contributed by atoms with E-state index in [0.717, 1.165) is 13.1 Å². The molecule has 86 valence electrons. The molecule has 0 saturated heterocycles. The summed E-state index contributed by atoms with van der Waals surface area (Å²) in [7, 11) is 1.98. The summed E-state index contributed by atoms with van der Waals surface area (Å²) in [6, 6.07) is 2.06. The zero-order valence-electron chi connectivity index (χ0n) is 10.00. The molecule has 0 aliphatic heterocycles. The Balaban J connectivity index is 1.96. The molecule has 1 rings (SSSR count). The van der Waals surface area contributed by atoms with Gasteiger partial charge in [-0.25, -0.2) is 0 Å². The molecule has 0 fully saturated rings. The minimum Gasteiger partial charge on any atom is -0.311 e. The molecule has 0 atom stereocenters. The molecule has 0 spiro atoms. The van der Waals surface area contributed by atoms with Crippen molar-refractivity contribution in [3.8, 4) is 0 Å². The third kappa shape index (κ3) is 4.98. The molecule has 3 heteroatoms. The lowest BCUT2D eigenvalue weighted by atomic mass is 10.1. The summed E-state index contributed by atoms with van der Waals surface area (Å²) in [5, 5.41) is 7.58. The van der Waals surface area contributed by atoms with Crippen molar-refractivity contribution in [2.45, 2.75) is 45.6 Å². The highest BCUT2D eigenvalue weighted by atomic mass is 15.3. The van der Waals surface area contributed by atoms with Crippen molar-refractivity contribution < 1.29 is 0 Å². The van der Waals surface area contributed by atoms with E-state index < -0.39 is 0 Å². The lowest BCUT2D eigenvalue weighted by Gasteiger charge is -2.04. The zero-order chi connectivity index (χ0) is 10.9. The molecular formula is C12H23N3. The first-order valence-corrected chi connectivity index (χ1v) is 6.02. The van der Waals surface area contributed by atoms with Crippen LogP contribution in [0, 0.1) is 0 Å². The largest absolute Gasteiger partial charge is 0.311 e. The Bertz CT molecular complexity index is 255. The predicted octanol–water partition coefficient (Wildman–Crippen LogP) is 2.48. The molecular weight excluding hydrogens is 186 g/mol. The number of nitrogens with one attached hydrogen (secondary N) is 1. The fourth-order valence-corrected chi connectivity index (χ4v) is 1.64. The normalized spacial score (nSPS) is 10.8. The molecule has 1 N–H and O–H groups in total. The van der Waals surface area contributed by atoms with Gasteiger partial charge in [-0.3, -0.25) is 4.68 Å². The van der Waals surface area contributed by atoms with Gasteiger partial charge in [0.2, 0.25) is 0 Å². The van der Waals surface area contributed by atoms with Crippen LogP contribution in [0.4, 0.5) is 0 Å². The molecule has 0 aliphatic carbocycles. The number of nitrogens with zero attached hydrogens (tertiary/aromatic N) is 2. The van der Waals surface area contributed by atoms with Crippen LogP contribution in [0.15, 0.2) is 12.3 Å². The van der Waals surface area contributed by atoms with Crippen LogP contribution in [-0.4, -0.2) is 16.3 Å². The molecule has 1 aromatic rings. The van der Waals surface area contributed by atoms with Crippen molar-refractivity contribution in [2.24, 2.45) is 7.05 Å². The van der Waals surface area contributed by atoms with E-state index in [9.17, 15) is 0 Å². The Labute approximate surface area is 92.9 Å². The zero-order valence-corrected chi connectivity index (χ0v) is 10.00. The lowest BCUT2D eigenvalue weighted by molar-refractivity contribution is 0.568. The van der Waals surface area contributed by atoms with Gasteiger partial charge in [-0.1, -0.05) is 32.6 Å². The second-order valence-corrected chi connectivity index (χ2v) is 4.04. The average molecular weight is 209 g/mol. The Morgan fingerprint density at radius 3 is 2.73 bits per heavy atom. The maximum Gasteiger partial charge on any atom is 0.0518 e. The van der Waals surface area contributed by atoms with Crippen LogP contribution < -0.4 is 5.32 Å². The number of aromatic nitrogens is 2.